The minimum absolute atomic E-state index is 0.161. The van der Waals surface area contributed by atoms with Gasteiger partial charge in [-0.1, -0.05) is 0 Å². The standard InChI is InChI=1S/C17H23N5O2S/c1-11-10-12(2)19-14-13(11)16(22-5-8-25-9-6-22)21-15(20-14)17(23)18-4-7-24-3/h10H,4-9H2,1-3H3,(H,18,23). The van der Waals surface area contributed by atoms with Crippen LogP contribution in [-0.2, 0) is 4.74 Å². The van der Waals surface area contributed by atoms with Crippen LogP contribution in [0.5, 0.6) is 0 Å². The zero-order valence-electron chi connectivity index (χ0n) is 14.8. The van der Waals surface area contributed by atoms with Crippen LogP contribution in [0.4, 0.5) is 5.82 Å². The molecule has 8 heteroatoms. The predicted molar refractivity (Wildman–Crippen MR) is 101 cm³/mol. The number of amides is 1. The molecule has 1 fully saturated rings. The van der Waals surface area contributed by atoms with Gasteiger partial charge in [-0.25, -0.2) is 15.0 Å². The molecule has 2 aromatic heterocycles. The Morgan fingerprint density at radius 3 is 2.76 bits per heavy atom. The van der Waals surface area contributed by atoms with Crippen LogP contribution in [0.25, 0.3) is 11.0 Å². The molecule has 0 aromatic carbocycles. The number of hydrogen-bond acceptors (Lipinski definition) is 7. The number of pyridine rings is 1. The van der Waals surface area contributed by atoms with Gasteiger partial charge in [0.05, 0.1) is 12.0 Å². The van der Waals surface area contributed by atoms with Crippen molar-refractivity contribution in [2.75, 3.05) is 49.8 Å². The molecule has 3 rings (SSSR count). The number of rotatable bonds is 5. The Labute approximate surface area is 151 Å². The smallest absolute Gasteiger partial charge is 0.289 e. The van der Waals surface area contributed by atoms with E-state index >= 15 is 0 Å². The van der Waals surface area contributed by atoms with Gasteiger partial charge in [0.2, 0.25) is 5.82 Å². The van der Waals surface area contributed by atoms with Crippen molar-refractivity contribution in [1.29, 1.82) is 0 Å². The topological polar surface area (TPSA) is 80.2 Å². The van der Waals surface area contributed by atoms with E-state index < -0.39 is 0 Å². The number of nitrogens with one attached hydrogen (secondary N) is 1. The van der Waals surface area contributed by atoms with Gasteiger partial charge < -0.3 is 15.0 Å². The number of carbonyl (C=O) groups is 1. The van der Waals surface area contributed by atoms with Gasteiger partial charge in [-0.05, 0) is 25.5 Å². The number of aromatic nitrogens is 3. The number of hydrogen-bond donors (Lipinski definition) is 1. The van der Waals surface area contributed by atoms with Crippen molar-refractivity contribution in [3.8, 4) is 0 Å². The Bertz CT molecular complexity index is 777. The molecule has 7 nitrogen and oxygen atoms in total. The van der Waals surface area contributed by atoms with E-state index in [1.165, 1.54) is 0 Å². The molecule has 134 valence electrons. The van der Waals surface area contributed by atoms with E-state index in [0.717, 1.165) is 47.1 Å². The maximum Gasteiger partial charge on any atom is 0.289 e. The Morgan fingerprint density at radius 2 is 2.04 bits per heavy atom. The molecule has 0 atom stereocenters. The first-order valence-corrected chi connectivity index (χ1v) is 9.51. The zero-order valence-corrected chi connectivity index (χ0v) is 15.7. The summed E-state index contributed by atoms with van der Waals surface area (Å²) in [5, 5.41) is 3.72. The van der Waals surface area contributed by atoms with E-state index in [2.05, 4.69) is 25.2 Å². The lowest BCUT2D eigenvalue weighted by Gasteiger charge is -2.28. The highest BCUT2D eigenvalue weighted by molar-refractivity contribution is 7.99. The second-order valence-electron chi connectivity index (χ2n) is 6.00. The summed E-state index contributed by atoms with van der Waals surface area (Å²) in [7, 11) is 1.60. The van der Waals surface area contributed by atoms with Crippen molar-refractivity contribution in [3.05, 3.63) is 23.1 Å². The molecular formula is C17H23N5O2S. The van der Waals surface area contributed by atoms with Crippen LogP contribution in [-0.4, -0.2) is 65.7 Å². The van der Waals surface area contributed by atoms with Crippen molar-refractivity contribution >= 4 is 34.5 Å². The van der Waals surface area contributed by atoms with E-state index in [9.17, 15) is 4.79 Å². The molecule has 1 aliphatic rings. The first kappa shape index (κ1) is 17.9. The molecule has 0 unspecified atom stereocenters. The summed E-state index contributed by atoms with van der Waals surface area (Å²) in [5.74, 6) is 2.78. The molecule has 1 N–H and O–H groups in total. The number of thioether (sulfide) groups is 1. The average molecular weight is 361 g/mol. The summed E-state index contributed by atoms with van der Waals surface area (Å²) in [6, 6.07) is 2.03. The van der Waals surface area contributed by atoms with E-state index in [4.69, 9.17) is 4.74 Å². The van der Waals surface area contributed by atoms with Gasteiger partial charge in [-0.2, -0.15) is 11.8 Å². The van der Waals surface area contributed by atoms with Crippen molar-refractivity contribution < 1.29 is 9.53 Å². The fourth-order valence-corrected chi connectivity index (χ4v) is 3.81. The number of methoxy groups -OCH3 is 1. The third-order valence-electron chi connectivity index (χ3n) is 4.08. The molecular weight excluding hydrogens is 338 g/mol. The molecule has 0 spiro atoms. The summed E-state index contributed by atoms with van der Waals surface area (Å²) in [4.78, 5) is 28.2. The largest absolute Gasteiger partial charge is 0.383 e. The van der Waals surface area contributed by atoms with E-state index in [1.807, 2.05) is 31.7 Å². The van der Waals surface area contributed by atoms with Gasteiger partial charge in [-0.3, -0.25) is 4.79 Å². The molecule has 1 amide bonds. The lowest BCUT2D eigenvalue weighted by atomic mass is 10.1. The minimum atomic E-state index is -0.299. The molecule has 1 saturated heterocycles. The molecule has 25 heavy (non-hydrogen) atoms. The molecule has 3 heterocycles. The fourth-order valence-electron chi connectivity index (χ4n) is 2.91. The number of carbonyl (C=O) groups excluding carboxylic acids is 1. The molecule has 1 aliphatic heterocycles. The monoisotopic (exact) mass is 361 g/mol. The highest BCUT2D eigenvalue weighted by Gasteiger charge is 2.21. The van der Waals surface area contributed by atoms with Crippen LogP contribution >= 0.6 is 11.8 Å². The summed E-state index contributed by atoms with van der Waals surface area (Å²) in [6.45, 7) is 6.67. The van der Waals surface area contributed by atoms with E-state index in [0.29, 0.717) is 18.8 Å². The van der Waals surface area contributed by atoms with Gasteiger partial charge >= 0.3 is 0 Å². The Morgan fingerprint density at radius 1 is 1.28 bits per heavy atom. The van der Waals surface area contributed by atoms with Crippen LogP contribution in [0.2, 0.25) is 0 Å². The second-order valence-corrected chi connectivity index (χ2v) is 7.22. The minimum Gasteiger partial charge on any atom is -0.383 e. The summed E-state index contributed by atoms with van der Waals surface area (Å²) in [5.41, 5.74) is 2.55. The number of fused-ring (bicyclic) bond motifs is 1. The number of anilines is 1. The Balaban J connectivity index is 2.05. The molecule has 0 bridgehead atoms. The van der Waals surface area contributed by atoms with Crippen LogP contribution in [0, 0.1) is 13.8 Å². The van der Waals surface area contributed by atoms with Gasteiger partial charge in [0.25, 0.3) is 5.91 Å². The van der Waals surface area contributed by atoms with Crippen molar-refractivity contribution in [3.63, 3.8) is 0 Å². The first-order valence-electron chi connectivity index (χ1n) is 8.36. The molecule has 0 saturated carbocycles. The quantitative estimate of drug-likeness (QED) is 0.810. The highest BCUT2D eigenvalue weighted by atomic mass is 32.2. The maximum atomic E-state index is 12.4. The van der Waals surface area contributed by atoms with Crippen LogP contribution in [0.1, 0.15) is 21.9 Å². The number of ether oxygens (including phenoxy) is 1. The number of nitrogens with zero attached hydrogens (tertiary/aromatic N) is 4. The van der Waals surface area contributed by atoms with Gasteiger partial charge in [0.1, 0.15) is 5.82 Å². The van der Waals surface area contributed by atoms with Gasteiger partial charge in [-0.15, -0.1) is 0 Å². The van der Waals surface area contributed by atoms with Crippen molar-refractivity contribution in [2.24, 2.45) is 0 Å². The molecule has 0 aliphatic carbocycles. The molecule has 2 aromatic rings. The molecule has 0 radical (unpaired) electrons. The lowest BCUT2D eigenvalue weighted by Crippen LogP contribution is -2.35. The van der Waals surface area contributed by atoms with E-state index in [-0.39, 0.29) is 11.7 Å². The first-order chi connectivity index (χ1) is 12.1. The Hall–Kier alpha value is -1.93. The fraction of sp³-hybridized carbons (Fsp3) is 0.529. The maximum absolute atomic E-state index is 12.4. The van der Waals surface area contributed by atoms with Crippen molar-refractivity contribution in [2.45, 2.75) is 13.8 Å². The van der Waals surface area contributed by atoms with Crippen LogP contribution in [0.15, 0.2) is 6.07 Å². The lowest BCUT2D eigenvalue weighted by molar-refractivity contribution is 0.0927. The van der Waals surface area contributed by atoms with Crippen LogP contribution < -0.4 is 10.2 Å². The van der Waals surface area contributed by atoms with Crippen LogP contribution in [0.3, 0.4) is 0 Å². The average Bonchev–Trinajstić information content (AvgIpc) is 2.61. The third-order valence-corrected chi connectivity index (χ3v) is 5.02. The Kier molecular flexibility index (Phi) is 5.70. The van der Waals surface area contributed by atoms with Gasteiger partial charge in [0.15, 0.2) is 5.65 Å². The van der Waals surface area contributed by atoms with E-state index in [1.54, 1.807) is 7.11 Å². The highest BCUT2D eigenvalue weighted by Crippen LogP contribution is 2.28. The normalized spacial score (nSPS) is 14.8. The van der Waals surface area contributed by atoms with Crippen molar-refractivity contribution in [1.82, 2.24) is 20.3 Å². The third kappa shape index (κ3) is 4.01. The predicted octanol–water partition coefficient (Wildman–Crippen LogP) is 1.57. The van der Waals surface area contributed by atoms with Gasteiger partial charge in [0, 0.05) is 43.9 Å². The SMILES string of the molecule is COCCNC(=O)c1nc(N2CCSCC2)c2c(C)cc(C)nc2n1. The zero-order chi connectivity index (χ0) is 17.8. The number of aryl methyl sites for hydroxylation is 2. The summed E-state index contributed by atoms with van der Waals surface area (Å²) < 4.78 is 4.97. The second kappa shape index (κ2) is 7.97. The summed E-state index contributed by atoms with van der Waals surface area (Å²) in [6.07, 6.45) is 0. The summed E-state index contributed by atoms with van der Waals surface area (Å²) >= 11 is 1.94.